The van der Waals surface area contributed by atoms with Gasteiger partial charge in [-0.1, -0.05) is 23.7 Å². The van der Waals surface area contributed by atoms with E-state index in [9.17, 15) is 0 Å². The summed E-state index contributed by atoms with van der Waals surface area (Å²) < 4.78 is 5.64. The summed E-state index contributed by atoms with van der Waals surface area (Å²) in [4.78, 5) is 0. The number of nitrogens with one attached hydrogen (secondary N) is 2. The fraction of sp³-hybridized carbons (Fsp3) is 0.500. The number of piperazine rings is 1. The number of hydrogen-bond acceptors (Lipinski definition) is 3. The zero-order valence-electron chi connectivity index (χ0n) is 9.21. The molecular formula is C12H17ClN2O. The predicted octanol–water partition coefficient (Wildman–Crippen LogP) is 1.67. The molecule has 0 radical (unpaired) electrons. The Morgan fingerprint density at radius 1 is 1.31 bits per heavy atom. The lowest BCUT2D eigenvalue weighted by Crippen LogP contribution is -2.48. The van der Waals surface area contributed by atoms with Crippen molar-refractivity contribution in [2.45, 2.75) is 12.5 Å². The van der Waals surface area contributed by atoms with Gasteiger partial charge < -0.3 is 15.4 Å². The van der Waals surface area contributed by atoms with Crippen molar-refractivity contribution in [3.63, 3.8) is 0 Å². The Hall–Kier alpha value is -0.770. The van der Waals surface area contributed by atoms with Crippen molar-refractivity contribution < 1.29 is 4.74 Å². The summed E-state index contributed by atoms with van der Waals surface area (Å²) >= 11 is 5.99. The van der Waals surface area contributed by atoms with Gasteiger partial charge in [-0.2, -0.15) is 0 Å². The molecule has 2 N–H and O–H groups in total. The Morgan fingerprint density at radius 3 is 2.94 bits per heavy atom. The van der Waals surface area contributed by atoms with Crippen molar-refractivity contribution in [3.8, 4) is 5.75 Å². The molecule has 0 bridgehead atoms. The molecular weight excluding hydrogens is 224 g/mol. The first kappa shape index (κ1) is 11.7. The number of rotatable bonds is 4. The van der Waals surface area contributed by atoms with Gasteiger partial charge in [-0.25, -0.2) is 0 Å². The first-order valence-corrected chi connectivity index (χ1v) is 6.05. The molecule has 0 spiro atoms. The molecule has 1 saturated heterocycles. The van der Waals surface area contributed by atoms with Crippen molar-refractivity contribution >= 4 is 11.6 Å². The third-order valence-electron chi connectivity index (χ3n) is 2.69. The molecule has 3 nitrogen and oxygen atoms in total. The normalized spacial score (nSPS) is 20.7. The molecule has 0 aliphatic carbocycles. The van der Waals surface area contributed by atoms with Crippen LogP contribution in [-0.4, -0.2) is 32.3 Å². The second-order valence-electron chi connectivity index (χ2n) is 3.92. The van der Waals surface area contributed by atoms with Crippen molar-refractivity contribution in [1.82, 2.24) is 10.6 Å². The fourth-order valence-corrected chi connectivity index (χ4v) is 1.98. The maximum Gasteiger partial charge on any atom is 0.137 e. The van der Waals surface area contributed by atoms with Gasteiger partial charge in [0.15, 0.2) is 0 Å². The van der Waals surface area contributed by atoms with Crippen LogP contribution in [0.3, 0.4) is 0 Å². The zero-order valence-corrected chi connectivity index (χ0v) is 9.96. The van der Waals surface area contributed by atoms with Crippen LogP contribution < -0.4 is 15.4 Å². The minimum atomic E-state index is 0.510. The molecule has 1 aromatic carbocycles. The van der Waals surface area contributed by atoms with E-state index in [0.29, 0.717) is 17.7 Å². The Morgan fingerprint density at radius 2 is 2.19 bits per heavy atom. The highest BCUT2D eigenvalue weighted by atomic mass is 35.5. The van der Waals surface area contributed by atoms with Crippen LogP contribution in [0.15, 0.2) is 24.3 Å². The van der Waals surface area contributed by atoms with Crippen molar-refractivity contribution in [2.75, 3.05) is 26.2 Å². The summed E-state index contributed by atoms with van der Waals surface area (Å²) in [7, 11) is 0. The predicted molar refractivity (Wildman–Crippen MR) is 66.2 cm³/mol. The SMILES string of the molecule is Clc1ccccc1OCC[C@@H]1CNCCN1. The van der Waals surface area contributed by atoms with Gasteiger partial charge in [0.2, 0.25) is 0 Å². The molecule has 1 heterocycles. The summed E-state index contributed by atoms with van der Waals surface area (Å²) in [5.74, 6) is 0.771. The van der Waals surface area contributed by atoms with Crippen LogP contribution in [0.4, 0.5) is 0 Å². The summed E-state index contributed by atoms with van der Waals surface area (Å²) in [6.45, 7) is 3.81. The maximum atomic E-state index is 5.99. The summed E-state index contributed by atoms with van der Waals surface area (Å²) in [5.41, 5.74) is 0. The molecule has 4 heteroatoms. The van der Waals surface area contributed by atoms with E-state index in [4.69, 9.17) is 16.3 Å². The minimum Gasteiger partial charge on any atom is -0.492 e. The van der Waals surface area contributed by atoms with E-state index in [-0.39, 0.29) is 0 Å². The molecule has 1 fully saturated rings. The molecule has 1 aliphatic rings. The van der Waals surface area contributed by atoms with Gasteiger partial charge >= 0.3 is 0 Å². The molecule has 0 amide bonds. The van der Waals surface area contributed by atoms with Gasteiger partial charge in [0.25, 0.3) is 0 Å². The molecule has 1 aliphatic heterocycles. The van der Waals surface area contributed by atoms with Gasteiger partial charge in [0, 0.05) is 25.7 Å². The largest absolute Gasteiger partial charge is 0.492 e. The molecule has 2 rings (SSSR count). The quantitative estimate of drug-likeness (QED) is 0.840. The molecule has 1 atom stereocenters. The monoisotopic (exact) mass is 240 g/mol. The third kappa shape index (κ3) is 3.37. The standard InChI is InChI=1S/C12H17ClN2O/c13-11-3-1-2-4-12(11)16-8-5-10-9-14-6-7-15-10/h1-4,10,14-15H,5-9H2/t10-/m1/s1. The summed E-state index contributed by atoms with van der Waals surface area (Å²) in [6.07, 6.45) is 0.998. The Kier molecular flexibility index (Phi) is 4.45. The minimum absolute atomic E-state index is 0.510. The molecule has 0 saturated carbocycles. The van der Waals surface area contributed by atoms with Gasteiger partial charge in [-0.3, -0.25) is 0 Å². The van der Waals surface area contributed by atoms with Crippen molar-refractivity contribution in [3.05, 3.63) is 29.3 Å². The Bertz CT molecular complexity index is 327. The van der Waals surface area contributed by atoms with E-state index in [1.54, 1.807) is 0 Å². The van der Waals surface area contributed by atoms with Crippen LogP contribution in [0, 0.1) is 0 Å². The van der Waals surface area contributed by atoms with Crippen LogP contribution in [0.2, 0.25) is 5.02 Å². The molecule has 1 aromatic rings. The second kappa shape index (κ2) is 6.09. The first-order chi connectivity index (χ1) is 7.86. The van der Waals surface area contributed by atoms with Crippen LogP contribution in [0.25, 0.3) is 0 Å². The lowest BCUT2D eigenvalue weighted by molar-refractivity contribution is 0.274. The van der Waals surface area contributed by atoms with Crippen LogP contribution >= 0.6 is 11.6 Å². The molecule has 0 unspecified atom stereocenters. The van der Waals surface area contributed by atoms with E-state index >= 15 is 0 Å². The Balaban J connectivity index is 1.73. The smallest absolute Gasteiger partial charge is 0.137 e. The molecule has 88 valence electrons. The van der Waals surface area contributed by atoms with E-state index in [1.165, 1.54) is 0 Å². The van der Waals surface area contributed by atoms with Crippen molar-refractivity contribution in [1.29, 1.82) is 0 Å². The van der Waals surface area contributed by atoms with Crippen LogP contribution in [0.1, 0.15) is 6.42 Å². The highest BCUT2D eigenvalue weighted by Crippen LogP contribution is 2.23. The summed E-state index contributed by atoms with van der Waals surface area (Å²) in [6, 6.07) is 8.09. The Labute approximate surface area is 101 Å². The van der Waals surface area contributed by atoms with Gasteiger partial charge in [-0.15, -0.1) is 0 Å². The fourth-order valence-electron chi connectivity index (χ4n) is 1.79. The third-order valence-corrected chi connectivity index (χ3v) is 3.00. The molecule has 16 heavy (non-hydrogen) atoms. The average molecular weight is 241 g/mol. The van der Waals surface area contributed by atoms with Gasteiger partial charge in [0.05, 0.1) is 11.6 Å². The topological polar surface area (TPSA) is 33.3 Å². The van der Waals surface area contributed by atoms with Gasteiger partial charge in [0.1, 0.15) is 5.75 Å². The lowest BCUT2D eigenvalue weighted by Gasteiger charge is -2.24. The number of hydrogen-bond donors (Lipinski definition) is 2. The van der Waals surface area contributed by atoms with Crippen LogP contribution in [0.5, 0.6) is 5.75 Å². The number of para-hydroxylation sites is 1. The van der Waals surface area contributed by atoms with Gasteiger partial charge in [-0.05, 0) is 18.6 Å². The number of ether oxygens (including phenoxy) is 1. The molecule has 0 aromatic heterocycles. The van der Waals surface area contributed by atoms with E-state index in [0.717, 1.165) is 31.8 Å². The first-order valence-electron chi connectivity index (χ1n) is 5.67. The van der Waals surface area contributed by atoms with E-state index in [2.05, 4.69) is 10.6 Å². The summed E-state index contributed by atoms with van der Waals surface area (Å²) in [5, 5.41) is 7.47. The zero-order chi connectivity index (χ0) is 11.2. The second-order valence-corrected chi connectivity index (χ2v) is 4.33. The van der Waals surface area contributed by atoms with E-state index < -0.39 is 0 Å². The average Bonchev–Trinajstić information content (AvgIpc) is 2.33. The lowest BCUT2D eigenvalue weighted by atomic mass is 10.2. The number of halogens is 1. The van der Waals surface area contributed by atoms with Crippen molar-refractivity contribution in [2.24, 2.45) is 0 Å². The highest BCUT2D eigenvalue weighted by molar-refractivity contribution is 6.32. The number of benzene rings is 1. The van der Waals surface area contributed by atoms with E-state index in [1.807, 2.05) is 24.3 Å². The maximum absolute atomic E-state index is 5.99. The highest BCUT2D eigenvalue weighted by Gasteiger charge is 2.11. The van der Waals surface area contributed by atoms with Crippen LogP contribution in [-0.2, 0) is 0 Å².